The average molecular weight is 254 g/mol. The number of nitrogens with one attached hydrogen (secondary N) is 1. The van der Waals surface area contributed by atoms with Gasteiger partial charge in [0.05, 0.1) is 6.04 Å². The minimum Gasteiger partial charge on any atom is -0.365 e. The number of aromatic amines is 1. The van der Waals surface area contributed by atoms with E-state index in [-0.39, 0.29) is 10.9 Å². The molecule has 5 heteroatoms. The van der Waals surface area contributed by atoms with E-state index in [1.807, 2.05) is 13.1 Å². The first-order valence-electron chi connectivity index (χ1n) is 5.44. The van der Waals surface area contributed by atoms with E-state index in [1.54, 1.807) is 13.2 Å². The number of aryl methyl sites for hydroxylation is 1. The molecule has 1 atom stereocenters. The van der Waals surface area contributed by atoms with E-state index < -0.39 is 6.04 Å². The monoisotopic (exact) mass is 254 g/mol. The van der Waals surface area contributed by atoms with E-state index >= 15 is 0 Å². The lowest BCUT2D eigenvalue weighted by molar-refractivity contribution is -0.116. The van der Waals surface area contributed by atoms with Crippen LogP contribution < -0.4 is 5.73 Å². The lowest BCUT2D eigenvalue weighted by Gasteiger charge is -2.09. The van der Waals surface area contributed by atoms with Crippen molar-refractivity contribution in [3.8, 4) is 0 Å². The van der Waals surface area contributed by atoms with Crippen LogP contribution in [0.2, 0.25) is 0 Å². The van der Waals surface area contributed by atoms with Crippen molar-refractivity contribution in [1.29, 1.82) is 0 Å². The summed E-state index contributed by atoms with van der Waals surface area (Å²) in [7, 11) is 0. The molecule has 0 aliphatic heterocycles. The third kappa shape index (κ3) is 3.71. The fourth-order valence-corrected chi connectivity index (χ4v) is 2.15. The number of aromatic nitrogens is 1. The zero-order valence-corrected chi connectivity index (χ0v) is 11.2. The maximum absolute atomic E-state index is 11.4. The molecule has 1 unspecified atom stereocenters. The summed E-state index contributed by atoms with van der Waals surface area (Å²) < 4.78 is 0. The Hall–Kier alpha value is -1.07. The molecule has 0 spiro atoms. The molecule has 0 saturated carbocycles. The molecule has 0 aliphatic rings. The summed E-state index contributed by atoms with van der Waals surface area (Å²) >= 11 is 1.14. The highest BCUT2D eigenvalue weighted by Crippen LogP contribution is 2.17. The van der Waals surface area contributed by atoms with Crippen molar-refractivity contribution >= 4 is 22.7 Å². The van der Waals surface area contributed by atoms with Crippen LogP contribution in [0.5, 0.6) is 0 Å². The Morgan fingerprint density at radius 1 is 1.53 bits per heavy atom. The third-order valence-corrected chi connectivity index (χ3v) is 3.38. The van der Waals surface area contributed by atoms with E-state index in [1.165, 1.54) is 0 Å². The second-order valence-electron chi connectivity index (χ2n) is 4.13. The van der Waals surface area contributed by atoms with Crippen molar-refractivity contribution in [2.45, 2.75) is 32.7 Å². The van der Waals surface area contributed by atoms with E-state index in [9.17, 15) is 9.59 Å². The molecule has 1 heterocycles. The van der Waals surface area contributed by atoms with Crippen LogP contribution in [-0.2, 0) is 22.4 Å². The largest absolute Gasteiger partial charge is 0.365 e. The van der Waals surface area contributed by atoms with Crippen molar-refractivity contribution in [2.24, 2.45) is 5.73 Å². The fraction of sp³-hybridized carbons (Fsp3) is 0.500. The van der Waals surface area contributed by atoms with E-state index in [2.05, 4.69) is 4.98 Å². The molecule has 0 aliphatic carbocycles. The highest BCUT2D eigenvalue weighted by Gasteiger charge is 2.17. The van der Waals surface area contributed by atoms with Gasteiger partial charge < -0.3 is 10.7 Å². The number of rotatable bonds is 5. The van der Waals surface area contributed by atoms with Crippen molar-refractivity contribution in [3.05, 3.63) is 23.0 Å². The Labute approximate surface area is 105 Å². The molecule has 17 heavy (non-hydrogen) atoms. The molecule has 3 N–H and O–H groups in total. The third-order valence-electron chi connectivity index (χ3n) is 2.67. The molecular formula is C12H18N2O2S. The first-order chi connectivity index (χ1) is 7.95. The molecule has 1 rings (SSSR count). The highest BCUT2D eigenvalue weighted by molar-refractivity contribution is 8.13. The highest BCUT2D eigenvalue weighted by atomic mass is 32.2. The Morgan fingerprint density at radius 3 is 2.71 bits per heavy atom. The number of thioether (sulfide) groups is 1. The first-order valence-corrected chi connectivity index (χ1v) is 6.66. The average Bonchev–Trinajstić information content (AvgIpc) is 2.59. The van der Waals surface area contributed by atoms with Gasteiger partial charge in [-0.25, -0.2) is 0 Å². The van der Waals surface area contributed by atoms with Gasteiger partial charge in [-0.15, -0.1) is 0 Å². The summed E-state index contributed by atoms with van der Waals surface area (Å²) in [6.45, 7) is 3.48. The summed E-state index contributed by atoms with van der Waals surface area (Å²) in [6.07, 6.45) is 4.43. The molecule has 0 aromatic carbocycles. The summed E-state index contributed by atoms with van der Waals surface area (Å²) in [5, 5.41) is -0.0300. The van der Waals surface area contributed by atoms with Gasteiger partial charge in [-0.2, -0.15) is 0 Å². The number of H-pyrrole nitrogens is 1. The maximum atomic E-state index is 11.4. The lowest BCUT2D eigenvalue weighted by atomic mass is 10.0. The van der Waals surface area contributed by atoms with E-state index in [4.69, 9.17) is 5.73 Å². The van der Waals surface area contributed by atoms with Crippen LogP contribution in [0.15, 0.2) is 6.20 Å². The lowest BCUT2D eigenvalue weighted by Crippen LogP contribution is -2.30. The van der Waals surface area contributed by atoms with Crippen LogP contribution >= 0.6 is 11.8 Å². The summed E-state index contributed by atoms with van der Waals surface area (Å²) in [4.78, 5) is 25.7. The number of hydrogen-bond donors (Lipinski definition) is 2. The standard InChI is InChI=1S/C12H18N2O2S/c1-7(15)4-10-8(2)14-6-9(10)5-11(13)12(16)17-3/h6,11,14H,4-5,13H2,1-3H3. The zero-order chi connectivity index (χ0) is 13.0. The van der Waals surface area contributed by atoms with Gasteiger partial charge in [-0.05, 0) is 37.7 Å². The van der Waals surface area contributed by atoms with Crippen molar-refractivity contribution in [2.75, 3.05) is 6.26 Å². The molecule has 1 aromatic rings. The first kappa shape index (κ1) is 14.0. The van der Waals surface area contributed by atoms with Crippen LogP contribution in [0.4, 0.5) is 0 Å². The molecule has 0 amide bonds. The van der Waals surface area contributed by atoms with Crippen LogP contribution in [0.25, 0.3) is 0 Å². The second-order valence-corrected chi connectivity index (χ2v) is 4.94. The van der Waals surface area contributed by atoms with Gasteiger partial charge in [0.25, 0.3) is 0 Å². The molecule has 1 aromatic heterocycles. The molecule has 0 saturated heterocycles. The van der Waals surface area contributed by atoms with Gasteiger partial charge in [-0.3, -0.25) is 9.59 Å². The molecule has 0 bridgehead atoms. The quantitative estimate of drug-likeness (QED) is 0.828. The summed E-state index contributed by atoms with van der Waals surface area (Å²) in [6, 6.07) is -0.508. The van der Waals surface area contributed by atoms with Crippen LogP contribution in [0, 0.1) is 6.92 Å². The summed E-state index contributed by atoms with van der Waals surface area (Å²) in [5.74, 6) is 0.110. The predicted molar refractivity (Wildman–Crippen MR) is 70.1 cm³/mol. The molecule has 0 fully saturated rings. The molecule has 94 valence electrons. The van der Waals surface area contributed by atoms with Gasteiger partial charge in [0, 0.05) is 18.3 Å². The number of hydrogen-bond acceptors (Lipinski definition) is 4. The fourth-order valence-electron chi connectivity index (χ4n) is 1.76. The number of carbonyl (C=O) groups excluding carboxylic acids is 2. The van der Waals surface area contributed by atoms with E-state index in [0.717, 1.165) is 28.6 Å². The zero-order valence-electron chi connectivity index (χ0n) is 10.4. The SMILES string of the molecule is CSC(=O)C(N)Cc1c[nH]c(C)c1CC(C)=O. The minimum atomic E-state index is -0.508. The van der Waals surface area contributed by atoms with Gasteiger partial charge in [-0.1, -0.05) is 11.8 Å². The van der Waals surface area contributed by atoms with E-state index in [0.29, 0.717) is 12.8 Å². The second kappa shape index (κ2) is 6.02. The summed E-state index contributed by atoms with van der Waals surface area (Å²) in [5.41, 5.74) is 8.71. The van der Waals surface area contributed by atoms with Gasteiger partial charge >= 0.3 is 0 Å². The van der Waals surface area contributed by atoms with Gasteiger partial charge in [0.2, 0.25) is 5.12 Å². The van der Waals surface area contributed by atoms with Gasteiger partial charge in [0.15, 0.2) is 0 Å². The Morgan fingerprint density at radius 2 is 2.18 bits per heavy atom. The van der Waals surface area contributed by atoms with Gasteiger partial charge in [0.1, 0.15) is 5.78 Å². The smallest absolute Gasteiger partial charge is 0.205 e. The number of Topliss-reactive ketones (excluding diaryl/α,β-unsaturated/α-hetero) is 1. The molecular weight excluding hydrogens is 236 g/mol. The van der Waals surface area contributed by atoms with Crippen LogP contribution in [-0.4, -0.2) is 28.2 Å². The number of carbonyl (C=O) groups is 2. The van der Waals surface area contributed by atoms with Crippen molar-refractivity contribution in [3.63, 3.8) is 0 Å². The van der Waals surface area contributed by atoms with Crippen molar-refractivity contribution < 1.29 is 9.59 Å². The maximum Gasteiger partial charge on any atom is 0.205 e. The topological polar surface area (TPSA) is 76.0 Å². The Balaban J connectivity index is 2.84. The predicted octanol–water partition coefficient (Wildman–Crippen LogP) is 1.21. The Kier molecular flexibility index (Phi) is 4.96. The minimum absolute atomic E-state index is 0.0300. The normalized spacial score (nSPS) is 12.5. The number of ketones is 1. The Bertz CT molecular complexity index is 426. The molecule has 0 radical (unpaired) electrons. The number of nitrogens with two attached hydrogens (primary N) is 1. The van der Waals surface area contributed by atoms with Crippen LogP contribution in [0.1, 0.15) is 23.7 Å². The van der Waals surface area contributed by atoms with Crippen LogP contribution in [0.3, 0.4) is 0 Å². The van der Waals surface area contributed by atoms with Crippen molar-refractivity contribution in [1.82, 2.24) is 4.98 Å². The molecule has 4 nitrogen and oxygen atoms in total.